The molecule has 0 unspecified atom stereocenters. The van der Waals surface area contributed by atoms with E-state index in [2.05, 4.69) is 10.1 Å². The quantitative estimate of drug-likeness (QED) is 0.609. The fourth-order valence-corrected chi connectivity index (χ4v) is 1.15. The van der Waals surface area contributed by atoms with Gasteiger partial charge >= 0.3 is 5.97 Å². The molecule has 0 bridgehead atoms. The predicted octanol–water partition coefficient (Wildman–Crippen LogP) is 1.72. The van der Waals surface area contributed by atoms with Gasteiger partial charge in [-0.1, -0.05) is 17.7 Å². The van der Waals surface area contributed by atoms with Crippen LogP contribution in [0.15, 0.2) is 36.2 Å². The van der Waals surface area contributed by atoms with E-state index >= 15 is 0 Å². The molecule has 0 radical (unpaired) electrons. The standard InChI is InChI=1S/C10H11ClN2O2/c1-15-10(14)6-9(12)13-8-4-2-3-7(11)5-8/h2-6,13H,12H2,1H3/b9-6+. The molecular formula is C10H11ClN2O2. The average molecular weight is 227 g/mol. The number of anilines is 1. The highest BCUT2D eigenvalue weighted by Gasteiger charge is 1.98. The maximum atomic E-state index is 10.8. The molecule has 0 saturated heterocycles. The fraction of sp³-hybridized carbons (Fsp3) is 0.100. The topological polar surface area (TPSA) is 64.3 Å². The van der Waals surface area contributed by atoms with Crippen LogP contribution in [-0.4, -0.2) is 13.1 Å². The van der Waals surface area contributed by atoms with Gasteiger partial charge in [0, 0.05) is 10.7 Å². The number of methoxy groups -OCH3 is 1. The Morgan fingerprint density at radius 3 is 2.93 bits per heavy atom. The maximum Gasteiger partial charge on any atom is 0.334 e. The van der Waals surface area contributed by atoms with Crippen molar-refractivity contribution >= 4 is 23.3 Å². The molecule has 0 atom stereocenters. The first-order chi connectivity index (χ1) is 7.11. The number of carbonyl (C=O) groups is 1. The van der Waals surface area contributed by atoms with Crippen LogP contribution in [0.4, 0.5) is 5.69 Å². The van der Waals surface area contributed by atoms with E-state index in [0.29, 0.717) is 10.7 Å². The third-order valence-corrected chi connectivity index (χ3v) is 1.82. The van der Waals surface area contributed by atoms with Crippen molar-refractivity contribution in [2.24, 2.45) is 5.73 Å². The predicted molar refractivity (Wildman–Crippen MR) is 59.4 cm³/mol. The van der Waals surface area contributed by atoms with Crippen molar-refractivity contribution in [3.05, 3.63) is 41.2 Å². The molecule has 1 aromatic carbocycles. The highest BCUT2D eigenvalue weighted by molar-refractivity contribution is 6.30. The molecule has 3 N–H and O–H groups in total. The van der Waals surface area contributed by atoms with Gasteiger partial charge < -0.3 is 15.8 Å². The highest BCUT2D eigenvalue weighted by atomic mass is 35.5. The van der Waals surface area contributed by atoms with Crippen LogP contribution in [-0.2, 0) is 9.53 Å². The number of hydrogen-bond acceptors (Lipinski definition) is 4. The van der Waals surface area contributed by atoms with Crippen molar-refractivity contribution in [2.45, 2.75) is 0 Å². The van der Waals surface area contributed by atoms with Crippen LogP contribution in [0, 0.1) is 0 Å². The molecule has 80 valence electrons. The van der Waals surface area contributed by atoms with E-state index in [1.807, 2.05) is 0 Å². The number of carbonyl (C=O) groups excluding carboxylic acids is 1. The summed E-state index contributed by atoms with van der Waals surface area (Å²) in [5, 5.41) is 3.39. The summed E-state index contributed by atoms with van der Waals surface area (Å²) < 4.78 is 4.42. The van der Waals surface area contributed by atoms with E-state index in [1.165, 1.54) is 7.11 Å². The molecule has 0 aliphatic heterocycles. The molecule has 5 heteroatoms. The van der Waals surface area contributed by atoms with Gasteiger partial charge in [-0.3, -0.25) is 0 Å². The molecule has 0 spiro atoms. The minimum absolute atomic E-state index is 0.198. The van der Waals surface area contributed by atoms with E-state index in [-0.39, 0.29) is 5.82 Å². The van der Waals surface area contributed by atoms with Gasteiger partial charge in [0.05, 0.1) is 13.2 Å². The lowest BCUT2D eigenvalue weighted by Gasteiger charge is -2.05. The summed E-state index contributed by atoms with van der Waals surface area (Å²) in [5.41, 5.74) is 6.25. The Morgan fingerprint density at radius 2 is 2.33 bits per heavy atom. The second kappa shape index (κ2) is 5.26. The van der Waals surface area contributed by atoms with Crippen LogP contribution in [0.2, 0.25) is 5.02 Å². The van der Waals surface area contributed by atoms with Gasteiger partial charge in [0.1, 0.15) is 5.82 Å². The summed E-state index contributed by atoms with van der Waals surface area (Å²) in [5.74, 6) is -0.314. The second-order valence-corrected chi connectivity index (χ2v) is 3.19. The molecule has 0 aromatic heterocycles. The van der Waals surface area contributed by atoms with Gasteiger partial charge in [-0.05, 0) is 18.2 Å². The fourth-order valence-electron chi connectivity index (χ4n) is 0.955. The van der Waals surface area contributed by atoms with Crippen molar-refractivity contribution in [3.63, 3.8) is 0 Å². The molecule has 0 saturated carbocycles. The largest absolute Gasteiger partial charge is 0.466 e. The lowest BCUT2D eigenvalue weighted by Crippen LogP contribution is -2.12. The molecule has 0 fully saturated rings. The van der Waals surface area contributed by atoms with Gasteiger partial charge in [0.2, 0.25) is 0 Å². The number of nitrogens with one attached hydrogen (secondary N) is 1. The Morgan fingerprint density at radius 1 is 1.60 bits per heavy atom. The highest BCUT2D eigenvalue weighted by Crippen LogP contribution is 2.15. The third kappa shape index (κ3) is 3.91. The summed E-state index contributed by atoms with van der Waals surface area (Å²) in [6, 6.07) is 6.99. The van der Waals surface area contributed by atoms with Crippen molar-refractivity contribution in [3.8, 4) is 0 Å². The van der Waals surface area contributed by atoms with Crippen molar-refractivity contribution in [1.82, 2.24) is 0 Å². The Balaban J connectivity index is 2.70. The van der Waals surface area contributed by atoms with E-state index < -0.39 is 5.97 Å². The Bertz CT molecular complexity index is 391. The lowest BCUT2D eigenvalue weighted by molar-refractivity contribution is -0.134. The molecule has 0 heterocycles. The Hall–Kier alpha value is -1.68. The van der Waals surface area contributed by atoms with E-state index in [9.17, 15) is 4.79 Å². The lowest BCUT2D eigenvalue weighted by atomic mass is 10.3. The Kier molecular flexibility index (Phi) is 4.00. The van der Waals surface area contributed by atoms with Gasteiger partial charge in [-0.15, -0.1) is 0 Å². The van der Waals surface area contributed by atoms with Crippen LogP contribution in [0.3, 0.4) is 0 Å². The van der Waals surface area contributed by atoms with E-state index in [0.717, 1.165) is 6.08 Å². The maximum absolute atomic E-state index is 10.8. The van der Waals surface area contributed by atoms with Gasteiger partial charge in [-0.2, -0.15) is 0 Å². The summed E-state index contributed by atoms with van der Waals surface area (Å²) in [6.45, 7) is 0. The van der Waals surface area contributed by atoms with Gasteiger partial charge in [0.15, 0.2) is 0 Å². The van der Waals surface area contributed by atoms with Crippen LogP contribution in [0.5, 0.6) is 0 Å². The van der Waals surface area contributed by atoms with Crippen LogP contribution in [0.25, 0.3) is 0 Å². The number of hydrogen-bond donors (Lipinski definition) is 2. The summed E-state index contributed by atoms with van der Waals surface area (Å²) in [4.78, 5) is 10.8. The number of ether oxygens (including phenoxy) is 1. The minimum atomic E-state index is -0.512. The molecule has 1 rings (SSSR count). The number of halogens is 1. The smallest absolute Gasteiger partial charge is 0.334 e. The average Bonchev–Trinajstić information content (AvgIpc) is 2.17. The first-order valence-corrected chi connectivity index (χ1v) is 4.57. The van der Waals surface area contributed by atoms with Gasteiger partial charge in [-0.25, -0.2) is 4.79 Å². The number of esters is 1. The zero-order valence-electron chi connectivity index (χ0n) is 8.16. The molecular weight excluding hydrogens is 216 g/mol. The first kappa shape index (κ1) is 11.4. The van der Waals surface area contributed by atoms with Crippen LogP contribution < -0.4 is 11.1 Å². The zero-order valence-corrected chi connectivity index (χ0v) is 8.91. The molecule has 0 aliphatic carbocycles. The molecule has 0 aliphatic rings. The molecule has 15 heavy (non-hydrogen) atoms. The number of rotatable bonds is 3. The van der Waals surface area contributed by atoms with Crippen molar-refractivity contribution in [1.29, 1.82) is 0 Å². The summed E-state index contributed by atoms with van der Waals surface area (Å²) >= 11 is 5.77. The van der Waals surface area contributed by atoms with Crippen LogP contribution >= 0.6 is 11.6 Å². The van der Waals surface area contributed by atoms with Crippen molar-refractivity contribution in [2.75, 3.05) is 12.4 Å². The van der Waals surface area contributed by atoms with Crippen molar-refractivity contribution < 1.29 is 9.53 Å². The van der Waals surface area contributed by atoms with Crippen LogP contribution in [0.1, 0.15) is 0 Å². The van der Waals surface area contributed by atoms with E-state index in [1.54, 1.807) is 24.3 Å². The van der Waals surface area contributed by atoms with E-state index in [4.69, 9.17) is 17.3 Å². The molecule has 0 amide bonds. The van der Waals surface area contributed by atoms with Gasteiger partial charge in [0.25, 0.3) is 0 Å². The zero-order chi connectivity index (χ0) is 11.3. The molecule has 1 aromatic rings. The number of benzene rings is 1. The normalized spacial score (nSPS) is 10.9. The number of nitrogens with two attached hydrogens (primary N) is 1. The minimum Gasteiger partial charge on any atom is -0.466 e. The SMILES string of the molecule is COC(=O)/C=C(\N)Nc1cccc(Cl)c1. The second-order valence-electron chi connectivity index (χ2n) is 2.76. The third-order valence-electron chi connectivity index (χ3n) is 1.59. The monoisotopic (exact) mass is 226 g/mol. The first-order valence-electron chi connectivity index (χ1n) is 4.19. The summed E-state index contributed by atoms with van der Waals surface area (Å²) in [6.07, 6.45) is 1.15. The Labute approximate surface area is 92.7 Å². The summed E-state index contributed by atoms with van der Waals surface area (Å²) in [7, 11) is 1.28. The molecule has 4 nitrogen and oxygen atoms in total.